The van der Waals surface area contributed by atoms with Crippen LogP contribution in [0.2, 0.25) is 0 Å². The summed E-state index contributed by atoms with van der Waals surface area (Å²) in [4.78, 5) is 25.3. The molecular weight excluding hydrogens is 480 g/mol. The van der Waals surface area contributed by atoms with E-state index in [0.29, 0.717) is 29.7 Å². The zero-order chi connectivity index (χ0) is 26.4. The van der Waals surface area contributed by atoms with Gasteiger partial charge in [0.2, 0.25) is 5.88 Å². The fourth-order valence-corrected chi connectivity index (χ4v) is 5.68. The Morgan fingerprint density at radius 3 is 2.63 bits per heavy atom. The normalized spacial score (nSPS) is 17.9. The molecule has 0 bridgehead atoms. The molecule has 1 saturated carbocycles. The van der Waals surface area contributed by atoms with Gasteiger partial charge < -0.3 is 29.2 Å². The van der Waals surface area contributed by atoms with Crippen molar-refractivity contribution in [2.45, 2.75) is 58.2 Å². The van der Waals surface area contributed by atoms with Gasteiger partial charge in [-0.25, -0.2) is 4.98 Å². The zero-order valence-corrected chi connectivity index (χ0v) is 22.4. The molecule has 38 heavy (non-hydrogen) atoms. The van der Waals surface area contributed by atoms with Crippen molar-refractivity contribution < 1.29 is 14.3 Å². The van der Waals surface area contributed by atoms with Gasteiger partial charge in [-0.1, -0.05) is 6.92 Å². The van der Waals surface area contributed by atoms with Crippen LogP contribution in [0, 0.1) is 5.92 Å². The van der Waals surface area contributed by atoms with Crippen LogP contribution in [0.5, 0.6) is 11.6 Å². The lowest BCUT2D eigenvalue weighted by Gasteiger charge is -2.30. The summed E-state index contributed by atoms with van der Waals surface area (Å²) < 4.78 is 15.8. The molecule has 0 unspecified atom stereocenters. The maximum atomic E-state index is 13.5. The minimum atomic E-state index is -0.0221. The highest BCUT2D eigenvalue weighted by Crippen LogP contribution is 2.38. The average Bonchev–Trinajstić information content (AvgIpc) is 3.59. The highest BCUT2D eigenvalue weighted by molar-refractivity contribution is 6.00. The number of likely N-dealkylation sites (tertiary alicyclic amines) is 1. The summed E-state index contributed by atoms with van der Waals surface area (Å²) >= 11 is 0. The molecular formula is C29H36N6O3. The molecule has 0 radical (unpaired) electrons. The van der Waals surface area contributed by atoms with E-state index in [1.807, 2.05) is 23.1 Å². The van der Waals surface area contributed by atoms with Crippen LogP contribution in [0.1, 0.15) is 49.4 Å². The lowest BCUT2D eigenvalue weighted by molar-refractivity contribution is 0.0708. The monoisotopic (exact) mass is 516 g/mol. The number of carbonyl (C=O) groups is 1. The lowest BCUT2D eigenvalue weighted by atomic mass is 10.0. The molecule has 1 amide bonds. The number of nitrogens with zero attached hydrogens (tertiary/aromatic N) is 5. The van der Waals surface area contributed by atoms with Crippen LogP contribution >= 0.6 is 0 Å². The van der Waals surface area contributed by atoms with Gasteiger partial charge in [0.1, 0.15) is 16.9 Å². The number of hydrogen-bond donors (Lipinski definition) is 1. The quantitative estimate of drug-likeness (QED) is 0.371. The second kappa shape index (κ2) is 9.94. The van der Waals surface area contributed by atoms with Crippen LogP contribution in [0.4, 0.5) is 0 Å². The molecule has 9 nitrogen and oxygen atoms in total. The Morgan fingerprint density at radius 1 is 1.08 bits per heavy atom. The van der Waals surface area contributed by atoms with Crippen molar-refractivity contribution in [2.75, 3.05) is 27.3 Å². The Labute approximate surface area is 222 Å². The van der Waals surface area contributed by atoms with E-state index in [0.717, 1.165) is 72.5 Å². The van der Waals surface area contributed by atoms with Gasteiger partial charge in [-0.3, -0.25) is 4.79 Å². The first-order valence-corrected chi connectivity index (χ1v) is 13.7. The summed E-state index contributed by atoms with van der Waals surface area (Å²) in [7, 11) is 3.30. The molecule has 2 N–H and O–H groups in total. The number of hydrogen-bond acceptors (Lipinski definition) is 6. The van der Waals surface area contributed by atoms with Crippen LogP contribution in [0.25, 0.3) is 33.6 Å². The second-order valence-corrected chi connectivity index (χ2v) is 10.6. The number of nitrogens with two attached hydrogens (primary N) is 1. The number of rotatable bonds is 8. The van der Waals surface area contributed by atoms with Gasteiger partial charge in [-0.2, -0.15) is 4.98 Å². The van der Waals surface area contributed by atoms with Crippen molar-refractivity contribution >= 4 is 28.0 Å². The van der Waals surface area contributed by atoms with Crippen LogP contribution in [0.15, 0.2) is 30.3 Å². The van der Waals surface area contributed by atoms with Crippen LogP contribution in [0.3, 0.4) is 0 Å². The van der Waals surface area contributed by atoms with E-state index in [4.69, 9.17) is 25.2 Å². The third-order valence-corrected chi connectivity index (χ3v) is 7.76. The summed E-state index contributed by atoms with van der Waals surface area (Å²) in [6.45, 7) is 5.13. The van der Waals surface area contributed by atoms with E-state index >= 15 is 0 Å². The predicted octanol–water partition coefficient (Wildman–Crippen LogP) is 4.45. The Morgan fingerprint density at radius 2 is 1.92 bits per heavy atom. The van der Waals surface area contributed by atoms with Crippen molar-refractivity contribution in [3.63, 3.8) is 0 Å². The fourth-order valence-electron chi connectivity index (χ4n) is 5.68. The summed E-state index contributed by atoms with van der Waals surface area (Å²) in [6.07, 6.45) is 5.27. The molecule has 1 atom stereocenters. The molecule has 6 rings (SSSR count). The fraction of sp³-hybridized carbons (Fsp3) is 0.483. The molecule has 3 aromatic heterocycles. The maximum absolute atomic E-state index is 13.5. The molecule has 4 heterocycles. The number of benzene rings is 1. The first-order chi connectivity index (χ1) is 18.5. The predicted molar refractivity (Wildman–Crippen MR) is 148 cm³/mol. The second-order valence-electron chi connectivity index (χ2n) is 10.6. The van der Waals surface area contributed by atoms with Crippen LogP contribution in [-0.4, -0.2) is 63.3 Å². The SMILES string of the molecule is CCCn1c(-c2cc3ccc(OC)nc3n2CC2CC2)nc2cc(C(=O)N3CCC[C@@H](N)C3)cc(OC)c21. The van der Waals surface area contributed by atoms with E-state index in [2.05, 4.69) is 28.2 Å². The molecule has 4 aromatic rings. The third-order valence-electron chi connectivity index (χ3n) is 7.76. The highest BCUT2D eigenvalue weighted by Gasteiger charge is 2.28. The Kier molecular flexibility index (Phi) is 6.47. The average molecular weight is 517 g/mol. The van der Waals surface area contributed by atoms with Crippen LogP contribution < -0.4 is 15.2 Å². The van der Waals surface area contributed by atoms with Gasteiger partial charge in [-0.15, -0.1) is 0 Å². The Bertz CT molecular complexity index is 1500. The number of ether oxygens (including phenoxy) is 2. The van der Waals surface area contributed by atoms with Gasteiger partial charge in [0, 0.05) is 49.2 Å². The Hall–Kier alpha value is -3.59. The number of imidazole rings is 1. The molecule has 1 saturated heterocycles. The molecule has 9 heteroatoms. The lowest BCUT2D eigenvalue weighted by Crippen LogP contribution is -2.45. The van der Waals surface area contributed by atoms with Crippen molar-refractivity contribution in [1.29, 1.82) is 0 Å². The number of methoxy groups -OCH3 is 2. The first-order valence-electron chi connectivity index (χ1n) is 13.7. The summed E-state index contributed by atoms with van der Waals surface area (Å²) in [5, 5.41) is 1.06. The number of piperidine rings is 1. The largest absolute Gasteiger partial charge is 0.494 e. The van der Waals surface area contributed by atoms with Crippen molar-refractivity contribution in [1.82, 2.24) is 24.0 Å². The topological polar surface area (TPSA) is 100 Å². The Balaban J connectivity index is 1.52. The van der Waals surface area contributed by atoms with Gasteiger partial charge in [0.05, 0.1) is 25.4 Å². The van der Waals surface area contributed by atoms with Gasteiger partial charge in [0.25, 0.3) is 5.91 Å². The smallest absolute Gasteiger partial charge is 0.254 e. The van der Waals surface area contributed by atoms with E-state index in [-0.39, 0.29) is 11.9 Å². The van der Waals surface area contributed by atoms with Crippen molar-refractivity contribution in [3.05, 3.63) is 35.9 Å². The first kappa shape index (κ1) is 24.7. The van der Waals surface area contributed by atoms with Gasteiger partial charge >= 0.3 is 0 Å². The van der Waals surface area contributed by atoms with E-state index in [1.54, 1.807) is 14.2 Å². The van der Waals surface area contributed by atoms with E-state index in [9.17, 15) is 4.79 Å². The molecule has 1 aliphatic carbocycles. The minimum absolute atomic E-state index is 0.0221. The van der Waals surface area contributed by atoms with Gasteiger partial charge in [-0.05, 0) is 62.3 Å². The highest BCUT2D eigenvalue weighted by atomic mass is 16.5. The molecule has 200 valence electrons. The molecule has 0 spiro atoms. The summed E-state index contributed by atoms with van der Waals surface area (Å²) in [6, 6.07) is 9.91. The standard InChI is InChI=1S/C29H36N6O3/c1-4-11-34-26-22(13-20(15-24(26)37-2)29(36)33-12-5-6-21(30)17-33)31-28(34)23-14-19-9-10-25(38-3)32-27(19)35(23)16-18-7-8-18/h9-10,13-15,18,21H,4-8,11-12,16-17,30H2,1-3H3/t21-/m1/s1. The van der Waals surface area contributed by atoms with Crippen LogP contribution in [-0.2, 0) is 13.1 Å². The number of aryl methyl sites for hydroxylation is 1. The van der Waals surface area contributed by atoms with Crippen molar-refractivity contribution in [3.8, 4) is 23.1 Å². The van der Waals surface area contributed by atoms with Crippen molar-refractivity contribution in [2.24, 2.45) is 11.7 Å². The molecule has 2 aliphatic rings. The molecule has 1 aliphatic heterocycles. The number of pyridine rings is 1. The molecule has 1 aromatic carbocycles. The van der Waals surface area contributed by atoms with Gasteiger partial charge in [0.15, 0.2) is 5.82 Å². The third kappa shape index (κ3) is 4.38. The number of carbonyl (C=O) groups excluding carboxylic acids is 1. The minimum Gasteiger partial charge on any atom is -0.494 e. The number of fused-ring (bicyclic) bond motifs is 2. The zero-order valence-electron chi connectivity index (χ0n) is 22.4. The van der Waals surface area contributed by atoms with E-state index in [1.165, 1.54) is 12.8 Å². The summed E-state index contributed by atoms with van der Waals surface area (Å²) in [5.74, 6) is 2.75. The molecule has 2 fully saturated rings. The summed E-state index contributed by atoms with van der Waals surface area (Å²) in [5.41, 5.74) is 10.3. The maximum Gasteiger partial charge on any atom is 0.254 e. The number of aromatic nitrogens is 4. The number of amides is 1. The van der Waals surface area contributed by atoms with E-state index < -0.39 is 0 Å².